The van der Waals surface area contributed by atoms with Gasteiger partial charge in [-0.2, -0.15) is 0 Å². The van der Waals surface area contributed by atoms with Crippen LogP contribution in [-0.2, 0) is 0 Å². The van der Waals surface area contributed by atoms with Crippen molar-refractivity contribution in [2.24, 2.45) is 0 Å². The third-order valence-electron chi connectivity index (χ3n) is 1.91. The number of aryl methyl sites for hydroxylation is 1. The van der Waals surface area contributed by atoms with Gasteiger partial charge in [-0.25, -0.2) is 13.8 Å². The van der Waals surface area contributed by atoms with Crippen LogP contribution < -0.4 is 4.90 Å². The minimum absolute atomic E-state index is 0.308. The van der Waals surface area contributed by atoms with Gasteiger partial charge in [-0.1, -0.05) is 6.07 Å². The lowest BCUT2D eigenvalue weighted by Crippen LogP contribution is -2.31. The first-order valence-corrected chi connectivity index (χ1v) is 5.19. The van der Waals surface area contributed by atoms with Gasteiger partial charge in [-0.15, -0.1) is 11.6 Å². The fourth-order valence-corrected chi connectivity index (χ4v) is 1.48. The zero-order valence-electron chi connectivity index (χ0n) is 8.46. The molecule has 84 valence electrons. The third kappa shape index (κ3) is 4.00. The Morgan fingerprint density at radius 1 is 1.47 bits per heavy atom. The predicted molar refractivity (Wildman–Crippen MR) is 57.9 cm³/mol. The normalized spacial score (nSPS) is 10.7. The zero-order valence-corrected chi connectivity index (χ0v) is 9.21. The first kappa shape index (κ1) is 12.2. The molecule has 0 saturated carbocycles. The van der Waals surface area contributed by atoms with E-state index in [1.165, 1.54) is 4.90 Å². The Bertz CT molecular complexity index is 307. The standard InChI is InChI=1S/C10H13ClF2N2/c1-8-3-2-4-10(14-8)15(6-5-11)7-9(12)13/h2-4,9H,5-7H2,1H3. The lowest BCUT2D eigenvalue weighted by Gasteiger charge is -2.22. The van der Waals surface area contributed by atoms with Crippen LogP contribution in [0, 0.1) is 6.92 Å². The molecule has 0 saturated heterocycles. The molecule has 0 bridgehead atoms. The summed E-state index contributed by atoms with van der Waals surface area (Å²) in [5.74, 6) is 0.860. The van der Waals surface area contributed by atoms with Gasteiger partial charge in [0.15, 0.2) is 0 Å². The number of rotatable bonds is 5. The monoisotopic (exact) mass is 234 g/mol. The van der Waals surface area contributed by atoms with Crippen LogP contribution in [0.2, 0.25) is 0 Å². The molecule has 0 aromatic carbocycles. The summed E-state index contributed by atoms with van der Waals surface area (Å²) in [6.45, 7) is 1.87. The minimum atomic E-state index is -2.38. The van der Waals surface area contributed by atoms with Gasteiger partial charge in [-0.3, -0.25) is 0 Å². The predicted octanol–water partition coefficient (Wildman–Crippen LogP) is 2.70. The maximum Gasteiger partial charge on any atom is 0.255 e. The molecule has 0 fully saturated rings. The molecule has 15 heavy (non-hydrogen) atoms. The molecule has 5 heteroatoms. The Balaban J connectivity index is 2.78. The minimum Gasteiger partial charge on any atom is -0.350 e. The molecule has 1 rings (SSSR count). The van der Waals surface area contributed by atoms with E-state index in [1.807, 2.05) is 13.0 Å². The van der Waals surface area contributed by atoms with E-state index in [0.717, 1.165) is 5.69 Å². The largest absolute Gasteiger partial charge is 0.350 e. The molecule has 0 unspecified atom stereocenters. The van der Waals surface area contributed by atoms with E-state index in [0.29, 0.717) is 18.2 Å². The number of halogens is 3. The highest BCUT2D eigenvalue weighted by Crippen LogP contribution is 2.13. The Kier molecular flexibility index (Phi) is 4.75. The van der Waals surface area contributed by atoms with Crippen molar-refractivity contribution in [1.29, 1.82) is 0 Å². The van der Waals surface area contributed by atoms with Crippen molar-refractivity contribution >= 4 is 17.4 Å². The van der Waals surface area contributed by atoms with E-state index in [9.17, 15) is 8.78 Å². The fourth-order valence-electron chi connectivity index (χ4n) is 1.27. The second-order valence-corrected chi connectivity index (χ2v) is 3.54. The molecule has 1 aromatic rings. The lowest BCUT2D eigenvalue weighted by atomic mass is 10.3. The molecule has 0 radical (unpaired) electrons. The molecule has 0 N–H and O–H groups in total. The molecule has 1 aromatic heterocycles. The van der Waals surface area contributed by atoms with Gasteiger partial charge in [0.2, 0.25) is 0 Å². The molecule has 0 aliphatic heterocycles. The summed E-state index contributed by atoms with van der Waals surface area (Å²) in [5.41, 5.74) is 0.807. The maximum absolute atomic E-state index is 12.3. The van der Waals surface area contributed by atoms with Crippen molar-refractivity contribution in [3.63, 3.8) is 0 Å². The first-order valence-electron chi connectivity index (χ1n) is 4.66. The van der Waals surface area contributed by atoms with E-state index in [1.54, 1.807) is 12.1 Å². The highest BCUT2D eigenvalue weighted by atomic mass is 35.5. The highest BCUT2D eigenvalue weighted by molar-refractivity contribution is 6.18. The number of aromatic nitrogens is 1. The molecule has 1 heterocycles. The van der Waals surface area contributed by atoms with Crippen molar-refractivity contribution in [3.05, 3.63) is 23.9 Å². The molecular formula is C10H13ClF2N2. The van der Waals surface area contributed by atoms with Gasteiger partial charge >= 0.3 is 0 Å². The van der Waals surface area contributed by atoms with Crippen LogP contribution in [0.5, 0.6) is 0 Å². The van der Waals surface area contributed by atoms with Crippen LogP contribution >= 0.6 is 11.6 Å². The summed E-state index contributed by atoms with van der Waals surface area (Å²) < 4.78 is 24.6. The van der Waals surface area contributed by atoms with Crippen molar-refractivity contribution in [2.75, 3.05) is 23.9 Å². The van der Waals surface area contributed by atoms with Gasteiger partial charge in [-0.05, 0) is 19.1 Å². The van der Waals surface area contributed by atoms with Gasteiger partial charge in [0.25, 0.3) is 6.43 Å². The summed E-state index contributed by atoms with van der Waals surface area (Å²) in [6, 6.07) is 5.33. The SMILES string of the molecule is Cc1cccc(N(CCCl)CC(F)F)n1. The molecular weight excluding hydrogens is 222 g/mol. The summed E-state index contributed by atoms with van der Waals surface area (Å²) in [7, 11) is 0. The van der Waals surface area contributed by atoms with Gasteiger partial charge < -0.3 is 4.90 Å². The Labute approximate surface area is 92.9 Å². The smallest absolute Gasteiger partial charge is 0.255 e. The second kappa shape index (κ2) is 5.85. The maximum atomic E-state index is 12.3. The van der Waals surface area contributed by atoms with Crippen LogP contribution in [0.1, 0.15) is 5.69 Å². The van der Waals surface area contributed by atoms with E-state index in [-0.39, 0.29) is 6.54 Å². The second-order valence-electron chi connectivity index (χ2n) is 3.16. The van der Waals surface area contributed by atoms with E-state index in [2.05, 4.69) is 4.98 Å². The van der Waals surface area contributed by atoms with E-state index >= 15 is 0 Å². The Morgan fingerprint density at radius 2 is 2.20 bits per heavy atom. The first-order chi connectivity index (χ1) is 7.13. The Morgan fingerprint density at radius 3 is 2.73 bits per heavy atom. The summed E-state index contributed by atoms with van der Waals surface area (Å²) in [5, 5.41) is 0. The third-order valence-corrected chi connectivity index (χ3v) is 2.08. The highest BCUT2D eigenvalue weighted by Gasteiger charge is 2.13. The quantitative estimate of drug-likeness (QED) is 0.729. The molecule has 2 nitrogen and oxygen atoms in total. The van der Waals surface area contributed by atoms with E-state index < -0.39 is 6.43 Å². The number of hydrogen-bond acceptors (Lipinski definition) is 2. The number of pyridine rings is 1. The number of alkyl halides is 3. The summed E-state index contributed by atoms with van der Waals surface area (Å²) >= 11 is 5.56. The van der Waals surface area contributed by atoms with Gasteiger partial charge in [0.1, 0.15) is 5.82 Å². The average molecular weight is 235 g/mol. The molecule has 0 atom stereocenters. The van der Waals surface area contributed by atoms with Gasteiger partial charge in [0.05, 0.1) is 6.54 Å². The Hall–Kier alpha value is -0.900. The molecule has 0 aliphatic carbocycles. The molecule has 0 aliphatic rings. The summed E-state index contributed by atoms with van der Waals surface area (Å²) in [4.78, 5) is 5.67. The van der Waals surface area contributed by atoms with Crippen molar-refractivity contribution in [2.45, 2.75) is 13.3 Å². The number of nitrogens with zero attached hydrogens (tertiary/aromatic N) is 2. The number of hydrogen-bond donors (Lipinski definition) is 0. The average Bonchev–Trinajstić information content (AvgIpc) is 2.16. The topological polar surface area (TPSA) is 16.1 Å². The van der Waals surface area contributed by atoms with Crippen LogP contribution in [0.3, 0.4) is 0 Å². The summed E-state index contributed by atoms with van der Waals surface area (Å²) in [6.07, 6.45) is -2.38. The lowest BCUT2D eigenvalue weighted by molar-refractivity contribution is 0.155. The van der Waals surface area contributed by atoms with Crippen LogP contribution in [0.15, 0.2) is 18.2 Å². The van der Waals surface area contributed by atoms with Crippen LogP contribution in [0.25, 0.3) is 0 Å². The van der Waals surface area contributed by atoms with Crippen LogP contribution in [0.4, 0.5) is 14.6 Å². The number of anilines is 1. The van der Waals surface area contributed by atoms with Gasteiger partial charge in [0, 0.05) is 18.1 Å². The van der Waals surface area contributed by atoms with E-state index in [4.69, 9.17) is 11.6 Å². The van der Waals surface area contributed by atoms with Crippen molar-refractivity contribution in [3.8, 4) is 0 Å². The van der Waals surface area contributed by atoms with Crippen molar-refractivity contribution < 1.29 is 8.78 Å². The molecule has 0 spiro atoms. The zero-order chi connectivity index (χ0) is 11.3. The van der Waals surface area contributed by atoms with Crippen molar-refractivity contribution in [1.82, 2.24) is 4.98 Å². The molecule has 0 amide bonds. The van der Waals surface area contributed by atoms with Crippen LogP contribution in [-0.4, -0.2) is 30.4 Å². The fraction of sp³-hybridized carbons (Fsp3) is 0.500.